The van der Waals surface area contributed by atoms with Gasteiger partial charge in [-0.3, -0.25) is 4.79 Å². The summed E-state index contributed by atoms with van der Waals surface area (Å²) in [5, 5.41) is 4.48. The minimum atomic E-state index is -0.165. The number of anilines is 1. The standard InChI is InChI=1S/C21H28N4O2S/c1-28-24-14-12-23(13-15-24)19-16-22-25(17-8-4-2-5-9-17)21(26)20(19)27-18-10-6-3-7-11-18/h2,4-5,8-9,16,18H,3,6-7,10-15H2,1H3. The summed E-state index contributed by atoms with van der Waals surface area (Å²) in [5.74, 6) is 0.461. The highest BCUT2D eigenvalue weighted by molar-refractivity contribution is 7.96. The minimum absolute atomic E-state index is 0.124. The van der Waals surface area contributed by atoms with Crippen molar-refractivity contribution in [2.45, 2.75) is 38.2 Å². The first-order valence-electron chi connectivity index (χ1n) is 10.1. The molecule has 0 spiro atoms. The summed E-state index contributed by atoms with van der Waals surface area (Å²) in [5.41, 5.74) is 1.44. The minimum Gasteiger partial charge on any atom is -0.483 e. The van der Waals surface area contributed by atoms with E-state index in [1.807, 2.05) is 30.3 Å². The Kier molecular flexibility index (Phi) is 6.22. The van der Waals surface area contributed by atoms with Crippen LogP contribution in [-0.4, -0.2) is 52.6 Å². The third-order valence-electron chi connectivity index (χ3n) is 5.59. The van der Waals surface area contributed by atoms with Gasteiger partial charge in [0.05, 0.1) is 18.0 Å². The quantitative estimate of drug-likeness (QED) is 0.718. The van der Waals surface area contributed by atoms with Gasteiger partial charge in [-0.25, -0.2) is 4.31 Å². The maximum absolute atomic E-state index is 13.4. The molecule has 1 saturated carbocycles. The molecule has 0 radical (unpaired) electrons. The van der Waals surface area contributed by atoms with E-state index in [0.29, 0.717) is 5.75 Å². The molecule has 0 unspecified atom stereocenters. The van der Waals surface area contributed by atoms with E-state index in [0.717, 1.165) is 50.4 Å². The van der Waals surface area contributed by atoms with Crippen molar-refractivity contribution in [3.63, 3.8) is 0 Å². The summed E-state index contributed by atoms with van der Waals surface area (Å²) in [4.78, 5) is 15.6. The van der Waals surface area contributed by atoms with Gasteiger partial charge in [-0.2, -0.15) is 9.78 Å². The number of ether oxygens (including phenoxy) is 1. The largest absolute Gasteiger partial charge is 0.483 e. The number of rotatable bonds is 5. The molecule has 2 aliphatic rings. The molecule has 2 aromatic rings. The van der Waals surface area contributed by atoms with Crippen LogP contribution in [0.1, 0.15) is 32.1 Å². The number of piperazine rings is 1. The van der Waals surface area contributed by atoms with E-state index in [1.54, 1.807) is 18.1 Å². The van der Waals surface area contributed by atoms with Crippen molar-refractivity contribution in [2.24, 2.45) is 0 Å². The Morgan fingerprint density at radius 2 is 1.75 bits per heavy atom. The summed E-state index contributed by atoms with van der Waals surface area (Å²) < 4.78 is 10.2. The van der Waals surface area contributed by atoms with Crippen molar-refractivity contribution in [1.29, 1.82) is 0 Å². The zero-order chi connectivity index (χ0) is 19.3. The van der Waals surface area contributed by atoms with Crippen LogP contribution in [-0.2, 0) is 0 Å². The van der Waals surface area contributed by atoms with E-state index in [1.165, 1.54) is 23.9 Å². The SMILES string of the molecule is CSN1CCN(c2cnn(-c3ccccc3)c(=O)c2OC2CCCCC2)CC1. The number of para-hydroxylation sites is 1. The van der Waals surface area contributed by atoms with Crippen LogP contribution in [0.15, 0.2) is 41.3 Å². The van der Waals surface area contributed by atoms with E-state index in [-0.39, 0.29) is 11.7 Å². The van der Waals surface area contributed by atoms with Gasteiger partial charge in [0.1, 0.15) is 5.69 Å². The fourth-order valence-corrected chi connectivity index (χ4v) is 4.51. The Balaban J connectivity index is 1.68. The summed E-state index contributed by atoms with van der Waals surface area (Å²) in [6.45, 7) is 3.67. The van der Waals surface area contributed by atoms with Crippen molar-refractivity contribution >= 4 is 17.6 Å². The van der Waals surface area contributed by atoms with E-state index in [4.69, 9.17) is 4.74 Å². The van der Waals surface area contributed by atoms with Crippen LogP contribution in [0.25, 0.3) is 5.69 Å². The van der Waals surface area contributed by atoms with Crippen molar-refractivity contribution in [2.75, 3.05) is 37.3 Å². The molecular formula is C21H28N4O2S. The van der Waals surface area contributed by atoms with Crippen LogP contribution in [0.4, 0.5) is 5.69 Å². The molecule has 2 fully saturated rings. The molecule has 0 bridgehead atoms. The highest BCUT2D eigenvalue weighted by Crippen LogP contribution is 2.30. The van der Waals surface area contributed by atoms with E-state index in [9.17, 15) is 4.79 Å². The van der Waals surface area contributed by atoms with Crippen molar-refractivity contribution < 1.29 is 4.74 Å². The molecule has 150 valence electrons. The topological polar surface area (TPSA) is 50.6 Å². The summed E-state index contributed by atoms with van der Waals surface area (Å²) in [7, 11) is 0. The molecule has 0 N–H and O–H groups in total. The van der Waals surface area contributed by atoms with Crippen molar-refractivity contribution in [3.8, 4) is 11.4 Å². The van der Waals surface area contributed by atoms with E-state index < -0.39 is 0 Å². The van der Waals surface area contributed by atoms with Crippen LogP contribution in [0.5, 0.6) is 5.75 Å². The smallest absolute Gasteiger partial charge is 0.316 e. The molecule has 7 heteroatoms. The summed E-state index contributed by atoms with van der Waals surface area (Å²) >= 11 is 1.77. The summed E-state index contributed by atoms with van der Waals surface area (Å²) in [6, 6.07) is 9.57. The fourth-order valence-electron chi connectivity index (χ4n) is 3.98. The number of nitrogens with zero attached hydrogens (tertiary/aromatic N) is 4. The Labute approximate surface area is 170 Å². The van der Waals surface area contributed by atoms with Crippen LogP contribution >= 0.6 is 11.9 Å². The Morgan fingerprint density at radius 1 is 1.04 bits per heavy atom. The third-order valence-corrected chi connectivity index (χ3v) is 6.47. The average molecular weight is 401 g/mol. The third kappa shape index (κ3) is 4.20. The van der Waals surface area contributed by atoms with Crippen LogP contribution in [0.3, 0.4) is 0 Å². The second-order valence-electron chi connectivity index (χ2n) is 7.39. The summed E-state index contributed by atoms with van der Waals surface area (Å²) in [6.07, 6.45) is 9.68. The van der Waals surface area contributed by atoms with Gasteiger partial charge in [0.2, 0.25) is 5.75 Å². The average Bonchev–Trinajstić information content (AvgIpc) is 2.76. The van der Waals surface area contributed by atoms with Gasteiger partial charge >= 0.3 is 5.56 Å². The zero-order valence-corrected chi connectivity index (χ0v) is 17.2. The van der Waals surface area contributed by atoms with Gasteiger partial charge in [-0.15, -0.1) is 0 Å². The normalized spacial score (nSPS) is 19.0. The van der Waals surface area contributed by atoms with Gasteiger partial charge in [0.15, 0.2) is 0 Å². The second-order valence-corrected chi connectivity index (χ2v) is 8.27. The Morgan fingerprint density at radius 3 is 2.43 bits per heavy atom. The molecule has 1 aliphatic heterocycles. The molecule has 4 rings (SSSR count). The zero-order valence-electron chi connectivity index (χ0n) is 16.4. The molecule has 28 heavy (non-hydrogen) atoms. The number of aromatic nitrogens is 2. The van der Waals surface area contributed by atoms with Crippen molar-refractivity contribution in [3.05, 3.63) is 46.9 Å². The first-order chi connectivity index (χ1) is 13.8. The number of hydrogen-bond donors (Lipinski definition) is 0. The molecule has 1 aromatic carbocycles. The lowest BCUT2D eigenvalue weighted by molar-refractivity contribution is 0.152. The van der Waals surface area contributed by atoms with Crippen LogP contribution in [0, 0.1) is 0 Å². The first kappa shape index (κ1) is 19.3. The van der Waals surface area contributed by atoms with E-state index in [2.05, 4.69) is 20.6 Å². The Bertz CT molecular complexity index is 828. The maximum Gasteiger partial charge on any atom is 0.316 e. The predicted molar refractivity (Wildman–Crippen MR) is 115 cm³/mol. The predicted octanol–water partition coefficient (Wildman–Crippen LogP) is 3.34. The van der Waals surface area contributed by atoms with Gasteiger partial charge < -0.3 is 9.64 Å². The highest BCUT2D eigenvalue weighted by atomic mass is 32.2. The lowest BCUT2D eigenvalue weighted by atomic mass is 9.98. The molecule has 1 saturated heterocycles. The Hall–Kier alpha value is -1.99. The lowest BCUT2D eigenvalue weighted by Crippen LogP contribution is -2.44. The molecule has 0 atom stereocenters. The lowest BCUT2D eigenvalue weighted by Gasteiger charge is -2.35. The second kappa shape index (κ2) is 9.01. The van der Waals surface area contributed by atoms with Crippen molar-refractivity contribution in [1.82, 2.24) is 14.1 Å². The molecule has 1 aromatic heterocycles. The van der Waals surface area contributed by atoms with Crippen LogP contribution < -0.4 is 15.2 Å². The molecule has 0 amide bonds. The number of hydrogen-bond acceptors (Lipinski definition) is 6. The maximum atomic E-state index is 13.4. The van der Waals surface area contributed by atoms with Gasteiger partial charge in [0.25, 0.3) is 0 Å². The van der Waals surface area contributed by atoms with Gasteiger partial charge in [-0.05, 0) is 44.1 Å². The fraction of sp³-hybridized carbons (Fsp3) is 0.524. The number of benzene rings is 1. The molecule has 1 aliphatic carbocycles. The van der Waals surface area contributed by atoms with Gasteiger partial charge in [-0.1, -0.05) is 36.6 Å². The van der Waals surface area contributed by atoms with Crippen LogP contribution in [0.2, 0.25) is 0 Å². The van der Waals surface area contributed by atoms with Gasteiger partial charge in [0, 0.05) is 26.2 Å². The highest BCUT2D eigenvalue weighted by Gasteiger charge is 2.25. The molecular weight excluding hydrogens is 372 g/mol. The monoisotopic (exact) mass is 400 g/mol. The molecule has 2 heterocycles. The first-order valence-corrected chi connectivity index (χ1v) is 11.3. The van der Waals surface area contributed by atoms with E-state index >= 15 is 0 Å². The molecule has 6 nitrogen and oxygen atoms in total.